The summed E-state index contributed by atoms with van der Waals surface area (Å²) in [7, 11) is 0. The maximum Gasteiger partial charge on any atom is 0.359 e. The maximum absolute atomic E-state index is 11.6. The molecule has 0 unspecified atom stereocenters. The molecule has 0 aliphatic rings. The predicted molar refractivity (Wildman–Crippen MR) is 64.1 cm³/mol. The minimum atomic E-state index is -1.38. The van der Waals surface area contributed by atoms with Crippen molar-refractivity contribution < 1.29 is 23.8 Å². The highest BCUT2D eigenvalue weighted by atomic mass is 16.6. The number of para-hydroxylation sites is 1. The number of carbonyl (C=O) groups is 2. The van der Waals surface area contributed by atoms with Crippen LogP contribution in [-0.2, 0) is 19.1 Å². The zero-order valence-electron chi connectivity index (χ0n) is 10.4. The van der Waals surface area contributed by atoms with E-state index < -0.39 is 18.0 Å². The summed E-state index contributed by atoms with van der Waals surface area (Å²) in [4.78, 5) is 23.2. The normalized spacial score (nSPS) is 9.94. The van der Waals surface area contributed by atoms with Crippen molar-refractivity contribution in [2.24, 2.45) is 0 Å². The summed E-state index contributed by atoms with van der Waals surface area (Å²) in [5.41, 5.74) is 0. The first-order valence-electron chi connectivity index (χ1n) is 5.74. The van der Waals surface area contributed by atoms with Crippen LogP contribution in [0.2, 0.25) is 0 Å². The number of esters is 2. The molecule has 5 nitrogen and oxygen atoms in total. The van der Waals surface area contributed by atoms with Crippen LogP contribution in [0.25, 0.3) is 0 Å². The summed E-state index contributed by atoms with van der Waals surface area (Å²) in [6.45, 7) is 3.66. The van der Waals surface area contributed by atoms with Gasteiger partial charge in [0.25, 0.3) is 6.10 Å². The maximum atomic E-state index is 11.6. The Morgan fingerprint density at radius 3 is 1.94 bits per heavy atom. The summed E-state index contributed by atoms with van der Waals surface area (Å²) in [5, 5.41) is 0. The zero-order chi connectivity index (χ0) is 13.4. The van der Waals surface area contributed by atoms with Gasteiger partial charge in [0.05, 0.1) is 13.2 Å². The number of hydrogen-bond acceptors (Lipinski definition) is 5. The monoisotopic (exact) mass is 252 g/mol. The first-order valence-corrected chi connectivity index (χ1v) is 5.74. The van der Waals surface area contributed by atoms with E-state index in [4.69, 9.17) is 14.2 Å². The van der Waals surface area contributed by atoms with Crippen molar-refractivity contribution in [2.45, 2.75) is 20.0 Å². The number of rotatable bonds is 6. The van der Waals surface area contributed by atoms with Crippen molar-refractivity contribution in [1.82, 2.24) is 0 Å². The second kappa shape index (κ2) is 7.32. The van der Waals surface area contributed by atoms with Gasteiger partial charge in [-0.1, -0.05) is 18.2 Å². The average Bonchev–Trinajstić information content (AvgIpc) is 2.37. The largest absolute Gasteiger partial charge is 0.467 e. The van der Waals surface area contributed by atoms with Gasteiger partial charge in [0.2, 0.25) is 0 Å². The molecule has 0 radical (unpaired) electrons. The second-order valence-corrected chi connectivity index (χ2v) is 3.32. The van der Waals surface area contributed by atoms with Crippen LogP contribution >= 0.6 is 0 Å². The third-order valence-corrected chi connectivity index (χ3v) is 2.00. The molecule has 5 heteroatoms. The first-order chi connectivity index (χ1) is 8.69. The molecule has 0 N–H and O–H groups in total. The van der Waals surface area contributed by atoms with Gasteiger partial charge in [-0.3, -0.25) is 0 Å². The molecule has 0 saturated heterocycles. The smallest absolute Gasteiger partial charge is 0.359 e. The highest BCUT2D eigenvalue weighted by molar-refractivity contribution is 5.98. The average molecular weight is 252 g/mol. The molecule has 0 heterocycles. The lowest BCUT2D eigenvalue weighted by atomic mass is 10.3. The van der Waals surface area contributed by atoms with Crippen LogP contribution in [0.4, 0.5) is 0 Å². The van der Waals surface area contributed by atoms with E-state index in [0.717, 1.165) is 0 Å². The molecule has 0 atom stereocenters. The van der Waals surface area contributed by atoms with Gasteiger partial charge < -0.3 is 14.2 Å². The molecule has 0 aliphatic carbocycles. The Hall–Kier alpha value is -2.04. The molecule has 98 valence electrons. The van der Waals surface area contributed by atoms with Crippen LogP contribution < -0.4 is 4.74 Å². The van der Waals surface area contributed by atoms with Crippen molar-refractivity contribution >= 4 is 11.9 Å². The molecule has 0 aromatic heterocycles. The zero-order valence-corrected chi connectivity index (χ0v) is 10.4. The summed E-state index contributed by atoms with van der Waals surface area (Å²) in [6, 6.07) is 8.57. The molecule has 0 amide bonds. The van der Waals surface area contributed by atoms with Crippen LogP contribution in [0.15, 0.2) is 30.3 Å². The lowest BCUT2D eigenvalue weighted by molar-refractivity contribution is -0.166. The fourth-order valence-corrected chi connectivity index (χ4v) is 1.26. The quantitative estimate of drug-likeness (QED) is 0.568. The van der Waals surface area contributed by atoms with E-state index in [0.29, 0.717) is 5.75 Å². The lowest BCUT2D eigenvalue weighted by Crippen LogP contribution is -2.38. The van der Waals surface area contributed by atoms with E-state index in [2.05, 4.69) is 0 Å². The fourth-order valence-electron chi connectivity index (χ4n) is 1.26. The van der Waals surface area contributed by atoms with E-state index in [9.17, 15) is 9.59 Å². The van der Waals surface area contributed by atoms with Gasteiger partial charge >= 0.3 is 11.9 Å². The van der Waals surface area contributed by atoms with Crippen molar-refractivity contribution in [3.63, 3.8) is 0 Å². The second-order valence-electron chi connectivity index (χ2n) is 3.32. The van der Waals surface area contributed by atoms with Crippen molar-refractivity contribution in [1.29, 1.82) is 0 Å². The van der Waals surface area contributed by atoms with Gasteiger partial charge in [-0.05, 0) is 26.0 Å². The summed E-state index contributed by atoms with van der Waals surface area (Å²) in [6.07, 6.45) is -1.38. The first kappa shape index (κ1) is 14.0. The molecule has 1 rings (SSSR count). The Morgan fingerprint density at radius 2 is 1.50 bits per heavy atom. The van der Waals surface area contributed by atoms with Crippen LogP contribution in [-0.4, -0.2) is 31.3 Å². The highest BCUT2D eigenvalue weighted by Gasteiger charge is 2.31. The lowest BCUT2D eigenvalue weighted by Gasteiger charge is -2.15. The molecule has 18 heavy (non-hydrogen) atoms. The molecule has 0 aliphatic heterocycles. The van der Waals surface area contributed by atoms with Gasteiger partial charge in [-0.15, -0.1) is 0 Å². The molecular weight excluding hydrogens is 236 g/mol. The van der Waals surface area contributed by atoms with Crippen LogP contribution in [0.1, 0.15) is 13.8 Å². The van der Waals surface area contributed by atoms with Crippen LogP contribution in [0, 0.1) is 0 Å². The topological polar surface area (TPSA) is 61.8 Å². The molecule has 1 aromatic rings. The Bertz CT molecular complexity index is 370. The molecule has 1 aromatic carbocycles. The number of hydrogen-bond donors (Lipinski definition) is 0. The van der Waals surface area contributed by atoms with Gasteiger partial charge in [-0.2, -0.15) is 0 Å². The van der Waals surface area contributed by atoms with Crippen LogP contribution in [0.3, 0.4) is 0 Å². The minimum Gasteiger partial charge on any atom is -0.467 e. The van der Waals surface area contributed by atoms with E-state index in [1.165, 1.54) is 0 Å². The minimum absolute atomic E-state index is 0.174. The van der Waals surface area contributed by atoms with Gasteiger partial charge in [0, 0.05) is 0 Å². The molecule has 0 bridgehead atoms. The molecular formula is C13H16O5. The van der Waals surface area contributed by atoms with Crippen molar-refractivity contribution in [3.8, 4) is 5.75 Å². The summed E-state index contributed by atoms with van der Waals surface area (Å²) >= 11 is 0. The van der Waals surface area contributed by atoms with E-state index in [1.807, 2.05) is 0 Å². The fraction of sp³-hybridized carbons (Fsp3) is 0.385. The molecule has 0 spiro atoms. The van der Waals surface area contributed by atoms with Gasteiger partial charge in [0.1, 0.15) is 5.75 Å². The Morgan fingerprint density at radius 1 is 1.00 bits per heavy atom. The Kier molecular flexibility index (Phi) is 5.70. The van der Waals surface area contributed by atoms with Crippen molar-refractivity contribution in [3.05, 3.63) is 30.3 Å². The number of ether oxygens (including phenoxy) is 3. The third kappa shape index (κ3) is 4.08. The SMILES string of the molecule is CCOC(=O)C(Oc1ccccc1)C(=O)OCC. The Balaban J connectivity index is 2.77. The van der Waals surface area contributed by atoms with E-state index >= 15 is 0 Å². The standard InChI is InChI=1S/C13H16O5/c1-3-16-12(14)11(13(15)17-4-2)18-10-8-6-5-7-9-10/h5-9,11H,3-4H2,1-2H3. The Labute approximate surface area is 106 Å². The van der Waals surface area contributed by atoms with Gasteiger partial charge in [-0.25, -0.2) is 9.59 Å². The molecule has 0 fully saturated rings. The van der Waals surface area contributed by atoms with Gasteiger partial charge in [0.15, 0.2) is 0 Å². The van der Waals surface area contributed by atoms with Crippen LogP contribution in [0.5, 0.6) is 5.75 Å². The van der Waals surface area contributed by atoms with E-state index in [-0.39, 0.29) is 13.2 Å². The molecule has 0 saturated carbocycles. The van der Waals surface area contributed by atoms with Crippen molar-refractivity contribution in [2.75, 3.05) is 13.2 Å². The van der Waals surface area contributed by atoms with E-state index in [1.54, 1.807) is 44.2 Å². The number of carbonyl (C=O) groups excluding carboxylic acids is 2. The predicted octanol–water partition coefficient (Wildman–Crippen LogP) is 1.56. The highest BCUT2D eigenvalue weighted by Crippen LogP contribution is 2.12. The third-order valence-electron chi connectivity index (χ3n) is 2.00. The summed E-state index contributed by atoms with van der Waals surface area (Å²) < 4.78 is 14.9. The summed E-state index contributed by atoms with van der Waals surface area (Å²) in [5.74, 6) is -1.09. The number of benzene rings is 1.